The van der Waals surface area contributed by atoms with Gasteiger partial charge in [-0.1, -0.05) is 12.1 Å². The fourth-order valence-corrected chi connectivity index (χ4v) is 1.71. The Hall–Kier alpha value is -1.81. The standard InChI is InChI=1S/C15H21NO3/c1-4-9-16-10-8-12-6-7-13(15(17)18-3)14(11-12)19-5-2/h4,6-7,11,16H,1,5,8-10H2,2-3H3. The molecule has 0 radical (unpaired) electrons. The number of esters is 1. The summed E-state index contributed by atoms with van der Waals surface area (Å²) in [7, 11) is 1.37. The Morgan fingerprint density at radius 2 is 2.26 bits per heavy atom. The second-order valence-corrected chi connectivity index (χ2v) is 4.00. The summed E-state index contributed by atoms with van der Waals surface area (Å²) in [5.74, 6) is 0.204. The highest BCUT2D eigenvalue weighted by Gasteiger charge is 2.13. The summed E-state index contributed by atoms with van der Waals surface area (Å²) < 4.78 is 10.2. The summed E-state index contributed by atoms with van der Waals surface area (Å²) in [5.41, 5.74) is 1.58. The maximum absolute atomic E-state index is 11.6. The molecule has 0 saturated carbocycles. The lowest BCUT2D eigenvalue weighted by molar-refractivity contribution is 0.0596. The fraction of sp³-hybridized carbons (Fsp3) is 0.400. The number of hydrogen-bond donors (Lipinski definition) is 1. The number of hydrogen-bond acceptors (Lipinski definition) is 4. The molecular weight excluding hydrogens is 242 g/mol. The SMILES string of the molecule is C=CCNCCc1ccc(C(=O)OC)c(OCC)c1. The number of benzene rings is 1. The first-order valence-electron chi connectivity index (χ1n) is 6.38. The Balaban J connectivity index is 2.77. The summed E-state index contributed by atoms with van der Waals surface area (Å²) in [4.78, 5) is 11.6. The lowest BCUT2D eigenvalue weighted by Crippen LogP contribution is -2.17. The van der Waals surface area contributed by atoms with Gasteiger partial charge < -0.3 is 14.8 Å². The molecule has 0 saturated heterocycles. The molecule has 0 heterocycles. The molecule has 0 amide bonds. The lowest BCUT2D eigenvalue weighted by atomic mass is 10.1. The molecule has 0 aromatic heterocycles. The molecule has 1 aromatic carbocycles. The van der Waals surface area contributed by atoms with Crippen LogP contribution in [0.3, 0.4) is 0 Å². The average Bonchev–Trinajstić information content (AvgIpc) is 2.43. The molecule has 0 atom stereocenters. The van der Waals surface area contributed by atoms with Crippen LogP contribution >= 0.6 is 0 Å². The van der Waals surface area contributed by atoms with Crippen LogP contribution in [0.15, 0.2) is 30.9 Å². The summed E-state index contributed by atoms with van der Waals surface area (Å²) >= 11 is 0. The van der Waals surface area contributed by atoms with E-state index in [1.54, 1.807) is 6.07 Å². The molecule has 0 fully saturated rings. The number of methoxy groups -OCH3 is 1. The molecule has 0 bridgehead atoms. The van der Waals surface area contributed by atoms with Crippen LogP contribution in [0.4, 0.5) is 0 Å². The zero-order valence-electron chi connectivity index (χ0n) is 11.6. The third-order valence-corrected chi connectivity index (χ3v) is 2.63. The molecule has 0 aliphatic heterocycles. The van der Waals surface area contributed by atoms with Crippen molar-refractivity contribution < 1.29 is 14.3 Å². The van der Waals surface area contributed by atoms with Crippen LogP contribution in [-0.4, -0.2) is 32.8 Å². The largest absolute Gasteiger partial charge is 0.493 e. The Labute approximate surface area is 114 Å². The van der Waals surface area contributed by atoms with Crippen LogP contribution in [0.5, 0.6) is 5.75 Å². The van der Waals surface area contributed by atoms with Crippen molar-refractivity contribution in [1.82, 2.24) is 5.32 Å². The third-order valence-electron chi connectivity index (χ3n) is 2.63. The van der Waals surface area contributed by atoms with E-state index in [2.05, 4.69) is 11.9 Å². The normalized spacial score (nSPS) is 10.0. The molecule has 1 N–H and O–H groups in total. The first-order chi connectivity index (χ1) is 9.22. The molecule has 0 aliphatic carbocycles. The monoisotopic (exact) mass is 263 g/mol. The van der Waals surface area contributed by atoms with Crippen molar-refractivity contribution in [2.75, 3.05) is 26.8 Å². The van der Waals surface area contributed by atoms with Crippen LogP contribution in [0.25, 0.3) is 0 Å². The van der Waals surface area contributed by atoms with E-state index >= 15 is 0 Å². The van der Waals surface area contributed by atoms with Crippen molar-refractivity contribution in [3.63, 3.8) is 0 Å². The third kappa shape index (κ3) is 4.75. The lowest BCUT2D eigenvalue weighted by Gasteiger charge is -2.11. The van der Waals surface area contributed by atoms with Crippen molar-refractivity contribution in [1.29, 1.82) is 0 Å². The molecule has 0 spiro atoms. The van der Waals surface area contributed by atoms with Crippen LogP contribution in [-0.2, 0) is 11.2 Å². The van der Waals surface area contributed by atoms with E-state index in [9.17, 15) is 4.79 Å². The molecule has 19 heavy (non-hydrogen) atoms. The van der Waals surface area contributed by atoms with E-state index in [0.29, 0.717) is 17.9 Å². The average molecular weight is 263 g/mol. The number of ether oxygens (including phenoxy) is 2. The van der Waals surface area contributed by atoms with Gasteiger partial charge in [0.15, 0.2) is 0 Å². The first kappa shape index (κ1) is 15.2. The molecule has 1 rings (SSSR count). The van der Waals surface area contributed by atoms with E-state index in [-0.39, 0.29) is 5.97 Å². The summed E-state index contributed by atoms with van der Waals surface area (Å²) in [6.07, 6.45) is 2.70. The fourth-order valence-electron chi connectivity index (χ4n) is 1.71. The molecule has 0 aliphatic rings. The summed E-state index contributed by atoms with van der Waals surface area (Å²) in [5, 5.41) is 3.23. The van der Waals surface area contributed by atoms with Gasteiger partial charge in [-0.2, -0.15) is 0 Å². The van der Waals surface area contributed by atoms with Crippen LogP contribution < -0.4 is 10.1 Å². The van der Waals surface area contributed by atoms with E-state index in [1.807, 2.05) is 25.1 Å². The zero-order chi connectivity index (χ0) is 14.1. The Kier molecular flexibility index (Phi) is 6.68. The Bertz CT molecular complexity index is 429. The van der Waals surface area contributed by atoms with Gasteiger partial charge in [0, 0.05) is 6.54 Å². The van der Waals surface area contributed by atoms with Crippen LogP contribution in [0, 0.1) is 0 Å². The van der Waals surface area contributed by atoms with Crippen LogP contribution in [0.2, 0.25) is 0 Å². The number of carbonyl (C=O) groups is 1. The number of carbonyl (C=O) groups excluding carboxylic acids is 1. The Morgan fingerprint density at radius 1 is 1.47 bits per heavy atom. The highest BCUT2D eigenvalue weighted by Crippen LogP contribution is 2.21. The van der Waals surface area contributed by atoms with Gasteiger partial charge in [0.1, 0.15) is 11.3 Å². The predicted molar refractivity (Wildman–Crippen MR) is 75.7 cm³/mol. The topological polar surface area (TPSA) is 47.6 Å². The maximum Gasteiger partial charge on any atom is 0.341 e. The molecule has 104 valence electrons. The quantitative estimate of drug-likeness (QED) is 0.444. The van der Waals surface area contributed by atoms with Crippen LogP contribution in [0.1, 0.15) is 22.8 Å². The van der Waals surface area contributed by atoms with E-state index in [0.717, 1.165) is 25.1 Å². The minimum Gasteiger partial charge on any atom is -0.493 e. The molecule has 0 unspecified atom stereocenters. The minimum atomic E-state index is -0.375. The van der Waals surface area contributed by atoms with Crippen molar-refractivity contribution >= 4 is 5.97 Å². The molecule has 4 nitrogen and oxygen atoms in total. The zero-order valence-corrected chi connectivity index (χ0v) is 11.6. The van der Waals surface area contributed by atoms with Gasteiger partial charge in [-0.3, -0.25) is 0 Å². The summed E-state index contributed by atoms with van der Waals surface area (Å²) in [6, 6.07) is 5.56. The second-order valence-electron chi connectivity index (χ2n) is 4.00. The molecule has 4 heteroatoms. The number of nitrogens with one attached hydrogen (secondary N) is 1. The van der Waals surface area contributed by atoms with Gasteiger partial charge in [-0.15, -0.1) is 6.58 Å². The predicted octanol–water partition coefficient (Wildman–Crippen LogP) is 2.19. The van der Waals surface area contributed by atoms with Gasteiger partial charge in [-0.25, -0.2) is 4.79 Å². The van der Waals surface area contributed by atoms with Crippen molar-refractivity contribution in [3.8, 4) is 5.75 Å². The van der Waals surface area contributed by atoms with Crippen molar-refractivity contribution in [3.05, 3.63) is 42.0 Å². The first-order valence-corrected chi connectivity index (χ1v) is 6.38. The maximum atomic E-state index is 11.6. The van der Waals surface area contributed by atoms with Crippen molar-refractivity contribution in [2.24, 2.45) is 0 Å². The van der Waals surface area contributed by atoms with E-state index < -0.39 is 0 Å². The van der Waals surface area contributed by atoms with Gasteiger partial charge >= 0.3 is 5.97 Å². The highest BCUT2D eigenvalue weighted by molar-refractivity contribution is 5.92. The number of rotatable bonds is 8. The minimum absolute atomic E-state index is 0.375. The molecular formula is C15H21NO3. The van der Waals surface area contributed by atoms with Crippen molar-refractivity contribution in [2.45, 2.75) is 13.3 Å². The van der Waals surface area contributed by atoms with E-state index in [4.69, 9.17) is 9.47 Å². The van der Waals surface area contributed by atoms with Gasteiger partial charge in [0.2, 0.25) is 0 Å². The summed E-state index contributed by atoms with van der Waals surface area (Å²) in [6.45, 7) is 7.70. The highest BCUT2D eigenvalue weighted by atomic mass is 16.5. The Morgan fingerprint density at radius 3 is 2.89 bits per heavy atom. The van der Waals surface area contributed by atoms with Gasteiger partial charge in [0.05, 0.1) is 13.7 Å². The van der Waals surface area contributed by atoms with Gasteiger partial charge in [-0.05, 0) is 37.6 Å². The molecule has 1 aromatic rings. The smallest absolute Gasteiger partial charge is 0.341 e. The van der Waals surface area contributed by atoms with E-state index in [1.165, 1.54) is 7.11 Å². The second kappa shape index (κ2) is 8.32. The van der Waals surface area contributed by atoms with Gasteiger partial charge in [0.25, 0.3) is 0 Å².